The zero-order valence-electron chi connectivity index (χ0n) is 24.4. The largest absolute Gasteiger partial charge is 0.444 e. The maximum atomic E-state index is 13.9. The molecule has 1 rings (SSSR count). The second kappa shape index (κ2) is 14.4. The van der Waals surface area contributed by atoms with Gasteiger partial charge in [0, 0.05) is 12.1 Å². The lowest BCUT2D eigenvalue weighted by Gasteiger charge is -2.36. The highest BCUT2D eigenvalue weighted by molar-refractivity contribution is 5.92. The maximum Gasteiger partial charge on any atom is 0.408 e. The Morgan fingerprint density at radius 2 is 1.62 bits per heavy atom. The van der Waals surface area contributed by atoms with E-state index in [1.54, 1.807) is 20.8 Å². The first-order valence-electron chi connectivity index (χ1n) is 13.4. The van der Waals surface area contributed by atoms with Crippen LogP contribution in [0.2, 0.25) is 0 Å². The van der Waals surface area contributed by atoms with Crippen molar-refractivity contribution in [1.82, 2.24) is 15.5 Å². The second-order valence-corrected chi connectivity index (χ2v) is 11.8. The number of amides is 3. The minimum atomic E-state index is -1.25. The van der Waals surface area contributed by atoms with Crippen molar-refractivity contribution in [2.24, 2.45) is 0 Å². The molecule has 0 aliphatic heterocycles. The van der Waals surface area contributed by atoms with Crippen molar-refractivity contribution in [3.63, 3.8) is 0 Å². The third kappa shape index (κ3) is 11.5. The van der Waals surface area contributed by atoms with Gasteiger partial charge >= 0.3 is 6.09 Å². The third-order valence-electron chi connectivity index (χ3n) is 5.74. The fourth-order valence-corrected chi connectivity index (χ4v) is 4.03. The van der Waals surface area contributed by atoms with E-state index in [2.05, 4.69) is 17.6 Å². The summed E-state index contributed by atoms with van der Waals surface area (Å²) in [5.74, 6) is -0.837. The van der Waals surface area contributed by atoms with Crippen molar-refractivity contribution < 1.29 is 24.2 Å². The molecule has 0 aromatic heterocycles. The molecule has 0 fully saturated rings. The molecule has 0 heterocycles. The van der Waals surface area contributed by atoms with Gasteiger partial charge in [-0.2, -0.15) is 0 Å². The Bertz CT molecular complexity index is 902. The number of aliphatic hydroxyl groups is 1. The number of benzene rings is 1. The normalized spacial score (nSPS) is 13.5. The predicted molar refractivity (Wildman–Crippen MR) is 147 cm³/mol. The van der Waals surface area contributed by atoms with Gasteiger partial charge in [-0.25, -0.2) is 4.79 Å². The number of carbonyl (C=O) groups excluding carboxylic acids is 3. The number of unbranched alkanes of at least 4 members (excludes halogenated alkanes) is 4. The van der Waals surface area contributed by atoms with Crippen molar-refractivity contribution in [2.75, 3.05) is 13.2 Å². The predicted octanol–water partition coefficient (Wildman–Crippen LogP) is 4.94. The van der Waals surface area contributed by atoms with Crippen LogP contribution in [0, 0.1) is 13.8 Å². The zero-order valence-corrected chi connectivity index (χ0v) is 24.4. The van der Waals surface area contributed by atoms with E-state index in [1.165, 1.54) is 4.90 Å². The maximum absolute atomic E-state index is 13.9. The lowest BCUT2D eigenvalue weighted by atomic mass is 9.95. The summed E-state index contributed by atoms with van der Waals surface area (Å²) in [5, 5.41) is 15.6. The number of nitrogens with one attached hydrogen (secondary N) is 2. The van der Waals surface area contributed by atoms with Crippen LogP contribution in [0.5, 0.6) is 0 Å². The third-order valence-corrected chi connectivity index (χ3v) is 5.74. The molecule has 8 heteroatoms. The van der Waals surface area contributed by atoms with Crippen LogP contribution >= 0.6 is 0 Å². The van der Waals surface area contributed by atoms with Gasteiger partial charge in [0.05, 0.1) is 6.61 Å². The Morgan fingerprint density at radius 3 is 2.16 bits per heavy atom. The molecule has 0 spiro atoms. The van der Waals surface area contributed by atoms with E-state index >= 15 is 0 Å². The monoisotopic (exact) mass is 519 g/mol. The molecule has 1 aromatic carbocycles. The van der Waals surface area contributed by atoms with E-state index in [0.29, 0.717) is 13.0 Å². The Balaban J connectivity index is 3.48. The smallest absolute Gasteiger partial charge is 0.408 e. The molecule has 37 heavy (non-hydrogen) atoms. The molecule has 0 aliphatic rings. The summed E-state index contributed by atoms with van der Waals surface area (Å²) in [4.78, 5) is 41.6. The molecular weight excluding hydrogens is 470 g/mol. The van der Waals surface area contributed by atoms with E-state index in [-0.39, 0.29) is 5.91 Å². The minimum absolute atomic E-state index is 0.308. The molecule has 3 amide bonds. The van der Waals surface area contributed by atoms with E-state index in [1.807, 2.05) is 52.8 Å². The van der Waals surface area contributed by atoms with E-state index < -0.39 is 41.8 Å². The summed E-state index contributed by atoms with van der Waals surface area (Å²) < 4.78 is 5.31. The summed E-state index contributed by atoms with van der Waals surface area (Å²) in [6.45, 7) is 16.5. The molecule has 0 bridgehead atoms. The van der Waals surface area contributed by atoms with Crippen molar-refractivity contribution in [2.45, 2.75) is 118 Å². The van der Waals surface area contributed by atoms with Crippen LogP contribution in [0.4, 0.5) is 4.79 Å². The second-order valence-electron chi connectivity index (χ2n) is 11.8. The molecular formula is C29H49N3O5. The Kier molecular flexibility index (Phi) is 12.6. The lowest BCUT2D eigenvalue weighted by molar-refractivity contribution is -0.144. The number of aliphatic hydroxyl groups excluding tert-OH is 1. The number of aryl methyl sites for hydroxylation is 2. The summed E-state index contributed by atoms with van der Waals surface area (Å²) in [5.41, 5.74) is 1.28. The summed E-state index contributed by atoms with van der Waals surface area (Å²) in [6.07, 6.45) is 4.01. The number of nitrogens with zero attached hydrogens (tertiary/aromatic N) is 1. The lowest BCUT2D eigenvalue weighted by Crippen LogP contribution is -2.56. The highest BCUT2D eigenvalue weighted by atomic mass is 16.6. The minimum Gasteiger partial charge on any atom is -0.444 e. The van der Waals surface area contributed by atoms with Crippen LogP contribution in [0.25, 0.3) is 0 Å². The van der Waals surface area contributed by atoms with E-state index in [4.69, 9.17) is 4.74 Å². The number of rotatable bonds is 12. The average molecular weight is 520 g/mol. The molecule has 2 unspecified atom stereocenters. The first kappa shape index (κ1) is 32.4. The van der Waals surface area contributed by atoms with Crippen molar-refractivity contribution >= 4 is 17.9 Å². The van der Waals surface area contributed by atoms with Gasteiger partial charge in [-0.05, 0) is 72.9 Å². The van der Waals surface area contributed by atoms with Gasteiger partial charge in [-0.15, -0.1) is 0 Å². The van der Waals surface area contributed by atoms with Gasteiger partial charge in [0.15, 0.2) is 0 Å². The van der Waals surface area contributed by atoms with Crippen LogP contribution in [0.15, 0.2) is 18.2 Å². The summed E-state index contributed by atoms with van der Waals surface area (Å²) in [7, 11) is 0. The SMILES string of the molecule is CCCCCCCN(C(=O)C(CO)NC(=O)OC(C)(C)C)C(C(=O)NC(C)(C)C)c1cc(C)ccc1C. The van der Waals surface area contributed by atoms with Gasteiger partial charge < -0.3 is 25.4 Å². The van der Waals surface area contributed by atoms with E-state index in [9.17, 15) is 19.5 Å². The number of carbonyl (C=O) groups is 3. The highest BCUT2D eigenvalue weighted by Gasteiger charge is 2.37. The van der Waals surface area contributed by atoms with Crippen LogP contribution in [0.1, 0.15) is 103 Å². The van der Waals surface area contributed by atoms with Crippen molar-refractivity contribution in [3.8, 4) is 0 Å². The first-order chi connectivity index (χ1) is 17.1. The standard InChI is InChI=1S/C29H49N3O5/c1-10-11-12-13-14-17-32(26(35)23(19-33)30-27(36)37-29(7,8)9)24(25(34)31-28(4,5)6)22-18-20(2)15-16-21(22)3/h15-16,18,23-24,33H,10-14,17,19H2,1-9H3,(H,30,36)(H,31,34). The molecule has 3 N–H and O–H groups in total. The molecule has 8 nitrogen and oxygen atoms in total. The van der Waals surface area contributed by atoms with Crippen LogP contribution in [0.3, 0.4) is 0 Å². The molecule has 0 radical (unpaired) electrons. The summed E-state index contributed by atoms with van der Waals surface area (Å²) in [6, 6.07) is 3.66. The quantitative estimate of drug-likeness (QED) is 0.339. The van der Waals surface area contributed by atoms with Crippen molar-refractivity contribution in [3.05, 3.63) is 34.9 Å². The fraction of sp³-hybridized carbons (Fsp3) is 0.690. The first-order valence-corrected chi connectivity index (χ1v) is 13.4. The topological polar surface area (TPSA) is 108 Å². The number of hydrogen-bond donors (Lipinski definition) is 3. The number of hydrogen-bond acceptors (Lipinski definition) is 5. The summed E-state index contributed by atoms with van der Waals surface area (Å²) >= 11 is 0. The molecule has 0 aliphatic carbocycles. The van der Waals surface area contributed by atoms with Gasteiger partial charge in [-0.3, -0.25) is 9.59 Å². The Hall–Kier alpha value is -2.61. The molecule has 0 saturated heterocycles. The van der Waals surface area contributed by atoms with Crippen LogP contribution < -0.4 is 10.6 Å². The Labute approximate surface area is 223 Å². The van der Waals surface area contributed by atoms with Gasteiger partial charge in [0.1, 0.15) is 17.7 Å². The van der Waals surface area contributed by atoms with Gasteiger partial charge in [0.2, 0.25) is 11.8 Å². The van der Waals surface area contributed by atoms with Gasteiger partial charge in [-0.1, -0.05) is 56.4 Å². The van der Waals surface area contributed by atoms with Gasteiger partial charge in [0.25, 0.3) is 0 Å². The fourth-order valence-electron chi connectivity index (χ4n) is 4.03. The van der Waals surface area contributed by atoms with Crippen LogP contribution in [-0.2, 0) is 14.3 Å². The number of ether oxygens (including phenoxy) is 1. The number of alkyl carbamates (subject to hydrolysis) is 1. The van der Waals surface area contributed by atoms with Crippen molar-refractivity contribution in [1.29, 1.82) is 0 Å². The zero-order chi connectivity index (χ0) is 28.4. The molecule has 1 aromatic rings. The molecule has 2 atom stereocenters. The highest BCUT2D eigenvalue weighted by Crippen LogP contribution is 2.28. The molecule has 0 saturated carbocycles. The molecule has 210 valence electrons. The van der Waals surface area contributed by atoms with E-state index in [0.717, 1.165) is 42.4 Å². The van der Waals surface area contributed by atoms with Crippen LogP contribution in [-0.4, -0.2) is 58.2 Å². The Morgan fingerprint density at radius 1 is 1.00 bits per heavy atom. The average Bonchev–Trinajstić information content (AvgIpc) is 2.75.